The molecular formula is C26H37N5O4. The van der Waals surface area contributed by atoms with Crippen LogP contribution in [0.15, 0.2) is 42.7 Å². The fourth-order valence-corrected chi connectivity index (χ4v) is 4.15. The van der Waals surface area contributed by atoms with Gasteiger partial charge in [0.2, 0.25) is 0 Å². The predicted octanol–water partition coefficient (Wildman–Crippen LogP) is 2.96. The van der Waals surface area contributed by atoms with Crippen LogP contribution in [0.4, 0.5) is 10.5 Å². The fraction of sp³-hybridized carbons (Fsp3) is 0.500. The van der Waals surface area contributed by atoms with E-state index in [1.54, 1.807) is 35.5 Å². The number of carbonyl (C=O) groups excluding carboxylic acids is 2. The number of carbonyl (C=O) groups is 2. The Morgan fingerprint density at radius 3 is 2.63 bits per heavy atom. The van der Waals surface area contributed by atoms with Crippen molar-refractivity contribution in [3.05, 3.63) is 53.9 Å². The van der Waals surface area contributed by atoms with E-state index in [1.165, 1.54) is 0 Å². The first kappa shape index (κ1) is 26.4. The molecule has 190 valence electrons. The third-order valence-electron chi connectivity index (χ3n) is 6.05. The van der Waals surface area contributed by atoms with Crippen LogP contribution in [-0.4, -0.2) is 76.8 Å². The summed E-state index contributed by atoms with van der Waals surface area (Å²) in [7, 11) is 2.02. The standard InChI is InChI=1S/C26H37N5O4/c1-17(2)28-26(34)29-22-8-6-7-21-24(22)35-23(15-30(5)14-20-9-11-27-12-10-20)18(3)13-31(25(21)33)19(4)16-32/h6-12,17-19,23,32H,13-16H2,1-5H3,(H2,28,29,34)/t18-,19+,23-/m1/s1. The molecule has 1 aromatic carbocycles. The molecule has 35 heavy (non-hydrogen) atoms. The van der Waals surface area contributed by atoms with Crippen LogP contribution in [-0.2, 0) is 6.54 Å². The number of nitrogens with one attached hydrogen (secondary N) is 2. The van der Waals surface area contributed by atoms with Crippen LogP contribution in [0.2, 0.25) is 0 Å². The molecule has 0 saturated carbocycles. The molecule has 1 aromatic heterocycles. The van der Waals surface area contributed by atoms with Gasteiger partial charge in [0, 0.05) is 44.0 Å². The van der Waals surface area contributed by atoms with Gasteiger partial charge in [-0.2, -0.15) is 0 Å². The third kappa shape index (κ3) is 6.93. The van der Waals surface area contributed by atoms with Crippen LogP contribution >= 0.6 is 0 Å². The number of rotatable bonds is 8. The number of hydrogen-bond donors (Lipinski definition) is 3. The third-order valence-corrected chi connectivity index (χ3v) is 6.05. The largest absolute Gasteiger partial charge is 0.486 e. The Labute approximate surface area is 207 Å². The summed E-state index contributed by atoms with van der Waals surface area (Å²) in [6, 6.07) is 8.35. The number of likely N-dealkylation sites (N-methyl/N-ethyl adjacent to an activating group) is 1. The summed E-state index contributed by atoms with van der Waals surface area (Å²) in [6.45, 7) is 9.24. The van der Waals surface area contributed by atoms with Gasteiger partial charge < -0.3 is 25.4 Å². The van der Waals surface area contributed by atoms with Crippen molar-refractivity contribution in [1.82, 2.24) is 20.1 Å². The average molecular weight is 484 g/mol. The molecule has 0 spiro atoms. The zero-order valence-electron chi connectivity index (χ0n) is 21.2. The Hall–Kier alpha value is -3.17. The van der Waals surface area contributed by atoms with Crippen LogP contribution in [0, 0.1) is 5.92 Å². The number of aliphatic hydroxyl groups excluding tert-OH is 1. The van der Waals surface area contributed by atoms with Crippen LogP contribution in [0.5, 0.6) is 5.75 Å². The second kappa shape index (κ2) is 12.0. The van der Waals surface area contributed by atoms with Crippen molar-refractivity contribution in [2.24, 2.45) is 5.92 Å². The Balaban J connectivity index is 1.94. The van der Waals surface area contributed by atoms with Gasteiger partial charge in [0.25, 0.3) is 5.91 Å². The van der Waals surface area contributed by atoms with E-state index in [0.717, 1.165) is 5.56 Å². The molecule has 2 aromatic rings. The Morgan fingerprint density at radius 1 is 1.26 bits per heavy atom. The van der Waals surface area contributed by atoms with Crippen molar-refractivity contribution in [3.63, 3.8) is 0 Å². The van der Waals surface area contributed by atoms with Crippen molar-refractivity contribution < 1.29 is 19.4 Å². The van der Waals surface area contributed by atoms with E-state index in [-0.39, 0.29) is 42.7 Å². The number of amides is 3. The van der Waals surface area contributed by atoms with Gasteiger partial charge in [-0.25, -0.2) is 4.79 Å². The summed E-state index contributed by atoms with van der Waals surface area (Å²) in [6.07, 6.45) is 3.28. The highest BCUT2D eigenvalue weighted by Crippen LogP contribution is 2.35. The number of anilines is 1. The zero-order chi connectivity index (χ0) is 25.5. The summed E-state index contributed by atoms with van der Waals surface area (Å²) in [5.74, 6) is 0.0869. The molecule has 0 fully saturated rings. The lowest BCUT2D eigenvalue weighted by Crippen LogP contribution is -2.49. The molecule has 0 radical (unpaired) electrons. The highest BCUT2D eigenvalue weighted by Gasteiger charge is 2.34. The summed E-state index contributed by atoms with van der Waals surface area (Å²) in [5.41, 5.74) is 1.93. The van der Waals surface area contributed by atoms with Gasteiger partial charge in [0.15, 0.2) is 5.75 Å². The Morgan fingerprint density at radius 2 is 1.97 bits per heavy atom. The number of aromatic nitrogens is 1. The molecule has 1 aliphatic heterocycles. The molecule has 0 bridgehead atoms. The predicted molar refractivity (Wildman–Crippen MR) is 135 cm³/mol. The fourth-order valence-electron chi connectivity index (χ4n) is 4.15. The number of hydrogen-bond acceptors (Lipinski definition) is 6. The second-order valence-electron chi connectivity index (χ2n) is 9.61. The minimum Gasteiger partial charge on any atom is -0.486 e. The number of nitrogens with zero attached hydrogens (tertiary/aromatic N) is 3. The lowest BCUT2D eigenvalue weighted by atomic mass is 9.99. The van der Waals surface area contributed by atoms with Gasteiger partial charge in [0.05, 0.1) is 23.9 Å². The number of pyridine rings is 1. The van der Waals surface area contributed by atoms with E-state index in [1.807, 2.05) is 46.9 Å². The second-order valence-corrected chi connectivity index (χ2v) is 9.61. The molecule has 1 aliphatic rings. The molecule has 0 unspecified atom stereocenters. The van der Waals surface area contributed by atoms with Crippen LogP contribution in [0.1, 0.15) is 43.6 Å². The summed E-state index contributed by atoms with van der Waals surface area (Å²) >= 11 is 0. The van der Waals surface area contributed by atoms with E-state index in [2.05, 4.69) is 20.5 Å². The maximum atomic E-state index is 13.5. The molecule has 2 heterocycles. The van der Waals surface area contributed by atoms with Gasteiger partial charge in [-0.3, -0.25) is 14.7 Å². The first-order valence-corrected chi connectivity index (χ1v) is 12.1. The van der Waals surface area contributed by atoms with Gasteiger partial charge in [-0.05, 0) is 57.6 Å². The zero-order valence-corrected chi connectivity index (χ0v) is 21.2. The number of aliphatic hydroxyl groups is 1. The minimum atomic E-state index is -0.369. The molecular weight excluding hydrogens is 446 g/mol. The maximum Gasteiger partial charge on any atom is 0.319 e. The molecule has 3 atom stereocenters. The number of ether oxygens (including phenoxy) is 1. The maximum absolute atomic E-state index is 13.5. The molecule has 3 N–H and O–H groups in total. The minimum absolute atomic E-state index is 0.0291. The monoisotopic (exact) mass is 483 g/mol. The van der Waals surface area contributed by atoms with Crippen molar-refractivity contribution >= 4 is 17.6 Å². The van der Waals surface area contributed by atoms with E-state index in [0.29, 0.717) is 36.6 Å². The Kier molecular flexibility index (Phi) is 9.06. The van der Waals surface area contributed by atoms with Crippen LogP contribution in [0.25, 0.3) is 0 Å². The molecule has 0 aliphatic carbocycles. The topological polar surface area (TPSA) is 107 Å². The first-order chi connectivity index (χ1) is 16.7. The van der Waals surface area contributed by atoms with E-state index >= 15 is 0 Å². The van der Waals surface area contributed by atoms with Crippen LogP contribution < -0.4 is 15.4 Å². The lowest BCUT2D eigenvalue weighted by molar-refractivity contribution is 0.0343. The normalized spacial score (nSPS) is 19.0. The molecule has 3 amide bonds. The highest BCUT2D eigenvalue weighted by atomic mass is 16.5. The van der Waals surface area contributed by atoms with Crippen molar-refractivity contribution in [2.75, 3.05) is 32.1 Å². The molecule has 9 heteroatoms. The average Bonchev–Trinajstić information content (AvgIpc) is 2.81. The van der Waals surface area contributed by atoms with Crippen molar-refractivity contribution in [2.45, 2.75) is 52.4 Å². The molecule has 3 rings (SSSR count). The number of para-hydroxylation sites is 1. The van der Waals surface area contributed by atoms with Crippen LogP contribution in [0.3, 0.4) is 0 Å². The highest BCUT2D eigenvalue weighted by molar-refractivity contribution is 6.01. The quantitative estimate of drug-likeness (QED) is 0.533. The van der Waals surface area contributed by atoms with Crippen molar-refractivity contribution in [1.29, 1.82) is 0 Å². The van der Waals surface area contributed by atoms with Gasteiger partial charge in [0.1, 0.15) is 6.10 Å². The van der Waals surface area contributed by atoms with E-state index < -0.39 is 0 Å². The Bertz CT molecular complexity index is 1000. The van der Waals surface area contributed by atoms with Gasteiger partial charge in [-0.15, -0.1) is 0 Å². The van der Waals surface area contributed by atoms with Gasteiger partial charge in [-0.1, -0.05) is 13.0 Å². The SMILES string of the molecule is CC(C)NC(=O)Nc1cccc2c1O[C@H](CN(C)Cc1ccncc1)[C@H](C)CN([C@@H](C)CO)C2=O. The van der Waals surface area contributed by atoms with Gasteiger partial charge >= 0.3 is 6.03 Å². The van der Waals surface area contributed by atoms with Crippen molar-refractivity contribution in [3.8, 4) is 5.75 Å². The summed E-state index contributed by atoms with van der Waals surface area (Å²) in [4.78, 5) is 33.9. The molecule has 9 nitrogen and oxygen atoms in total. The lowest BCUT2D eigenvalue weighted by Gasteiger charge is -2.38. The number of benzene rings is 1. The molecule has 0 saturated heterocycles. The number of fused-ring (bicyclic) bond motifs is 1. The number of urea groups is 1. The first-order valence-electron chi connectivity index (χ1n) is 12.1. The van der Waals surface area contributed by atoms with E-state index in [9.17, 15) is 14.7 Å². The van der Waals surface area contributed by atoms with E-state index in [4.69, 9.17) is 4.74 Å². The smallest absolute Gasteiger partial charge is 0.319 e. The summed E-state index contributed by atoms with van der Waals surface area (Å²) in [5, 5.41) is 15.5. The summed E-state index contributed by atoms with van der Waals surface area (Å²) < 4.78 is 6.52.